The van der Waals surface area contributed by atoms with Crippen molar-refractivity contribution in [3.8, 4) is 5.75 Å². The Hall–Kier alpha value is -1.19. The summed E-state index contributed by atoms with van der Waals surface area (Å²) < 4.78 is 42.6. The Kier molecular flexibility index (Phi) is 3.27. The number of benzene rings is 1. The third-order valence-corrected chi connectivity index (χ3v) is 2.18. The van der Waals surface area contributed by atoms with E-state index in [2.05, 4.69) is 0 Å². The zero-order valence-corrected chi connectivity index (χ0v) is 8.85. The molecule has 0 spiro atoms. The molecule has 0 fully saturated rings. The van der Waals surface area contributed by atoms with Crippen molar-refractivity contribution < 1.29 is 17.9 Å². The molecule has 0 aliphatic rings. The van der Waals surface area contributed by atoms with Crippen molar-refractivity contribution in [2.45, 2.75) is 25.9 Å². The Morgan fingerprint density at radius 3 is 2.20 bits per heavy atom. The molecule has 0 amide bonds. The van der Waals surface area contributed by atoms with E-state index in [4.69, 9.17) is 4.74 Å². The molecule has 1 nitrogen and oxygen atoms in total. The predicted octanol–water partition coefficient (Wildman–Crippen LogP) is 3.84. The molecule has 1 aromatic carbocycles. The van der Waals surface area contributed by atoms with Crippen LogP contribution >= 0.6 is 0 Å². The lowest BCUT2D eigenvalue weighted by Gasteiger charge is -2.17. The quantitative estimate of drug-likeness (QED) is 0.732. The molecule has 0 heterocycles. The Labute approximate surface area is 86.9 Å². The van der Waals surface area contributed by atoms with Crippen LogP contribution in [0.3, 0.4) is 0 Å². The molecule has 0 bridgehead atoms. The lowest BCUT2D eigenvalue weighted by molar-refractivity contribution is -0.138. The highest BCUT2D eigenvalue weighted by atomic mass is 19.4. The average molecular weight is 218 g/mol. The first-order valence-corrected chi connectivity index (χ1v) is 4.62. The van der Waals surface area contributed by atoms with E-state index < -0.39 is 11.7 Å². The molecule has 1 aromatic rings. The van der Waals surface area contributed by atoms with Gasteiger partial charge in [-0.3, -0.25) is 0 Å². The number of hydrogen-bond acceptors (Lipinski definition) is 1. The van der Waals surface area contributed by atoms with Gasteiger partial charge in [-0.1, -0.05) is 26.0 Å². The summed E-state index contributed by atoms with van der Waals surface area (Å²) in [4.78, 5) is 0. The molecular weight excluding hydrogens is 205 g/mol. The molecule has 0 saturated heterocycles. The smallest absolute Gasteiger partial charge is 0.419 e. The van der Waals surface area contributed by atoms with Crippen LogP contribution in [0.4, 0.5) is 13.2 Å². The van der Waals surface area contributed by atoms with Crippen molar-refractivity contribution in [2.75, 3.05) is 7.11 Å². The minimum Gasteiger partial charge on any atom is -0.496 e. The maximum atomic E-state index is 12.6. The van der Waals surface area contributed by atoms with Crippen LogP contribution in [0, 0.1) is 0 Å². The zero-order chi connectivity index (χ0) is 11.6. The molecule has 0 aliphatic heterocycles. The molecular formula is C11H13F3O. The molecule has 0 aliphatic carbocycles. The van der Waals surface area contributed by atoms with Gasteiger partial charge in [0.15, 0.2) is 0 Å². The minimum absolute atomic E-state index is 0.00208. The Bertz CT molecular complexity index is 342. The predicted molar refractivity (Wildman–Crippen MR) is 52.1 cm³/mol. The lowest BCUT2D eigenvalue weighted by Crippen LogP contribution is -2.09. The van der Waals surface area contributed by atoms with Crippen LogP contribution in [0.25, 0.3) is 0 Å². The first-order valence-electron chi connectivity index (χ1n) is 4.62. The second-order valence-corrected chi connectivity index (χ2v) is 3.58. The van der Waals surface area contributed by atoms with E-state index in [0.29, 0.717) is 5.56 Å². The van der Waals surface area contributed by atoms with E-state index >= 15 is 0 Å². The number of methoxy groups -OCH3 is 1. The number of halogens is 3. The van der Waals surface area contributed by atoms with Crippen molar-refractivity contribution in [2.24, 2.45) is 0 Å². The van der Waals surface area contributed by atoms with Crippen molar-refractivity contribution >= 4 is 0 Å². The van der Waals surface area contributed by atoms with Gasteiger partial charge in [-0.05, 0) is 17.5 Å². The third-order valence-electron chi connectivity index (χ3n) is 2.18. The van der Waals surface area contributed by atoms with Gasteiger partial charge in [0.25, 0.3) is 0 Å². The molecule has 4 heteroatoms. The van der Waals surface area contributed by atoms with Crippen molar-refractivity contribution in [1.29, 1.82) is 0 Å². The summed E-state index contributed by atoms with van der Waals surface area (Å²) in [5.74, 6) is -0.0674. The van der Waals surface area contributed by atoms with Crippen LogP contribution in [0.2, 0.25) is 0 Å². The van der Waals surface area contributed by atoms with Crippen LogP contribution in [-0.4, -0.2) is 7.11 Å². The molecule has 0 unspecified atom stereocenters. The second kappa shape index (κ2) is 4.13. The summed E-state index contributed by atoms with van der Waals surface area (Å²) in [5.41, 5.74) is -0.136. The highest BCUT2D eigenvalue weighted by molar-refractivity contribution is 5.44. The van der Waals surface area contributed by atoms with Gasteiger partial charge in [0, 0.05) is 0 Å². The molecule has 0 atom stereocenters. The van der Waals surface area contributed by atoms with E-state index in [1.54, 1.807) is 6.07 Å². The Morgan fingerprint density at radius 1 is 1.20 bits per heavy atom. The maximum absolute atomic E-state index is 12.6. The summed E-state index contributed by atoms with van der Waals surface area (Å²) in [6, 6.07) is 4.09. The van der Waals surface area contributed by atoms with Gasteiger partial charge in [-0.2, -0.15) is 13.2 Å². The summed E-state index contributed by atoms with van der Waals surface area (Å²) >= 11 is 0. The number of para-hydroxylation sites is 1. The van der Waals surface area contributed by atoms with Gasteiger partial charge in [0.2, 0.25) is 0 Å². The van der Waals surface area contributed by atoms with Crippen LogP contribution in [0.15, 0.2) is 18.2 Å². The topological polar surface area (TPSA) is 9.23 Å². The van der Waals surface area contributed by atoms with Crippen LogP contribution < -0.4 is 4.74 Å². The van der Waals surface area contributed by atoms with Crippen molar-refractivity contribution in [3.63, 3.8) is 0 Å². The molecule has 1 rings (SSSR count). The van der Waals surface area contributed by atoms with Crippen molar-refractivity contribution in [3.05, 3.63) is 29.3 Å². The van der Waals surface area contributed by atoms with E-state index in [0.717, 1.165) is 6.07 Å². The molecule has 0 N–H and O–H groups in total. The summed E-state index contributed by atoms with van der Waals surface area (Å²) in [6.45, 7) is 3.66. The monoisotopic (exact) mass is 218 g/mol. The van der Waals surface area contributed by atoms with E-state index in [1.165, 1.54) is 13.2 Å². The van der Waals surface area contributed by atoms with Gasteiger partial charge >= 0.3 is 6.18 Å². The maximum Gasteiger partial charge on any atom is 0.419 e. The van der Waals surface area contributed by atoms with Crippen LogP contribution in [0.5, 0.6) is 5.75 Å². The standard InChI is InChI=1S/C11H13F3O/c1-7(2)8-5-4-6-9(10(8)15-3)11(12,13)14/h4-7H,1-3H3. The first kappa shape index (κ1) is 11.9. The fraction of sp³-hybridized carbons (Fsp3) is 0.455. The average Bonchev–Trinajstić information content (AvgIpc) is 2.15. The van der Waals surface area contributed by atoms with Crippen LogP contribution in [0.1, 0.15) is 30.9 Å². The van der Waals surface area contributed by atoms with Gasteiger partial charge in [0.05, 0.1) is 12.7 Å². The van der Waals surface area contributed by atoms with E-state index in [-0.39, 0.29) is 11.7 Å². The molecule has 15 heavy (non-hydrogen) atoms. The normalized spacial score (nSPS) is 11.9. The third kappa shape index (κ3) is 2.43. The molecule has 0 radical (unpaired) electrons. The highest BCUT2D eigenvalue weighted by Crippen LogP contribution is 2.40. The van der Waals surface area contributed by atoms with Crippen LogP contribution in [-0.2, 0) is 6.18 Å². The SMILES string of the molecule is COc1c(C(C)C)cccc1C(F)(F)F. The number of hydrogen-bond donors (Lipinski definition) is 0. The first-order chi connectivity index (χ1) is 6.88. The zero-order valence-electron chi connectivity index (χ0n) is 8.85. The summed E-state index contributed by atoms with van der Waals surface area (Å²) in [7, 11) is 1.26. The van der Waals surface area contributed by atoms with E-state index in [1.807, 2.05) is 13.8 Å². The Morgan fingerprint density at radius 2 is 1.80 bits per heavy atom. The lowest BCUT2D eigenvalue weighted by atomic mass is 9.99. The summed E-state index contributed by atoms with van der Waals surface area (Å²) in [5, 5.41) is 0. The van der Waals surface area contributed by atoms with Gasteiger partial charge in [-0.25, -0.2) is 0 Å². The van der Waals surface area contributed by atoms with Gasteiger partial charge in [-0.15, -0.1) is 0 Å². The fourth-order valence-corrected chi connectivity index (χ4v) is 1.46. The molecule has 0 aromatic heterocycles. The van der Waals surface area contributed by atoms with Crippen molar-refractivity contribution in [1.82, 2.24) is 0 Å². The Balaban J connectivity index is 3.35. The molecule has 84 valence electrons. The largest absolute Gasteiger partial charge is 0.496 e. The number of rotatable bonds is 2. The van der Waals surface area contributed by atoms with Gasteiger partial charge in [0.1, 0.15) is 5.75 Å². The van der Waals surface area contributed by atoms with E-state index in [9.17, 15) is 13.2 Å². The number of ether oxygens (including phenoxy) is 1. The molecule has 0 saturated carbocycles. The minimum atomic E-state index is -4.36. The second-order valence-electron chi connectivity index (χ2n) is 3.58. The van der Waals surface area contributed by atoms with Gasteiger partial charge < -0.3 is 4.74 Å². The highest BCUT2D eigenvalue weighted by Gasteiger charge is 2.35. The number of alkyl halides is 3. The fourth-order valence-electron chi connectivity index (χ4n) is 1.46. The summed E-state index contributed by atoms with van der Waals surface area (Å²) in [6.07, 6.45) is -4.36.